The highest BCUT2D eigenvalue weighted by Gasteiger charge is 2.41. The van der Waals surface area contributed by atoms with Gasteiger partial charge in [0.15, 0.2) is 5.11 Å². The molecule has 27 heavy (non-hydrogen) atoms. The summed E-state index contributed by atoms with van der Waals surface area (Å²) in [7, 11) is 0. The third-order valence-corrected chi connectivity index (χ3v) is 6.45. The molecule has 142 valence electrons. The summed E-state index contributed by atoms with van der Waals surface area (Å²) in [5.41, 5.74) is 2.43. The molecular weight excluding hydrogens is 374 g/mol. The fourth-order valence-corrected chi connectivity index (χ4v) is 5.17. The van der Waals surface area contributed by atoms with Crippen LogP contribution in [0.25, 0.3) is 0 Å². The number of rotatable bonds is 4. The number of thiocarbonyl (C=S) groups is 1. The van der Waals surface area contributed by atoms with E-state index in [2.05, 4.69) is 41.0 Å². The molecule has 2 aromatic carbocycles. The van der Waals surface area contributed by atoms with Crippen molar-refractivity contribution in [2.75, 3.05) is 5.32 Å². The predicted molar refractivity (Wildman–Crippen MR) is 116 cm³/mol. The van der Waals surface area contributed by atoms with Gasteiger partial charge in [0.2, 0.25) is 0 Å². The third-order valence-electron chi connectivity index (χ3n) is 5.98. The highest BCUT2D eigenvalue weighted by atomic mass is 35.5. The summed E-state index contributed by atoms with van der Waals surface area (Å²) in [6.07, 6.45) is 6.42. The Hall–Kier alpha value is -1.62. The van der Waals surface area contributed by atoms with Crippen LogP contribution in [-0.2, 0) is 6.54 Å². The first-order valence-electron chi connectivity index (χ1n) is 9.90. The number of halogens is 1. The Morgan fingerprint density at radius 1 is 1.00 bits per heavy atom. The summed E-state index contributed by atoms with van der Waals surface area (Å²) >= 11 is 11.5. The van der Waals surface area contributed by atoms with Crippen LogP contribution >= 0.6 is 23.8 Å². The molecule has 2 aromatic rings. The van der Waals surface area contributed by atoms with Gasteiger partial charge in [0.1, 0.15) is 6.54 Å². The van der Waals surface area contributed by atoms with Crippen LogP contribution in [-0.4, -0.2) is 23.2 Å². The number of fused-ring (bicyclic) bond motifs is 2. The summed E-state index contributed by atoms with van der Waals surface area (Å²) in [6, 6.07) is 20.5. The van der Waals surface area contributed by atoms with Crippen LogP contribution in [0.15, 0.2) is 54.6 Å². The van der Waals surface area contributed by atoms with E-state index in [1.54, 1.807) is 4.90 Å². The van der Waals surface area contributed by atoms with Crippen molar-refractivity contribution in [1.82, 2.24) is 5.32 Å². The molecule has 2 heterocycles. The van der Waals surface area contributed by atoms with E-state index in [4.69, 9.17) is 23.8 Å². The van der Waals surface area contributed by atoms with Crippen LogP contribution in [0, 0.1) is 0 Å². The molecule has 2 aliphatic rings. The van der Waals surface area contributed by atoms with Gasteiger partial charge in [-0.15, -0.1) is 0 Å². The fourth-order valence-electron chi connectivity index (χ4n) is 4.76. The number of hydrogen-bond acceptors (Lipinski definition) is 1. The van der Waals surface area contributed by atoms with Crippen molar-refractivity contribution < 1.29 is 4.90 Å². The lowest BCUT2D eigenvalue weighted by Crippen LogP contribution is -3.20. The zero-order chi connectivity index (χ0) is 18.6. The lowest BCUT2D eigenvalue weighted by atomic mass is 9.81. The van der Waals surface area contributed by atoms with E-state index in [1.165, 1.54) is 37.7 Å². The Balaban J connectivity index is 1.35. The van der Waals surface area contributed by atoms with Crippen molar-refractivity contribution in [2.45, 2.75) is 56.8 Å². The second kappa shape index (κ2) is 8.59. The van der Waals surface area contributed by atoms with Crippen LogP contribution in [0.5, 0.6) is 0 Å². The van der Waals surface area contributed by atoms with Crippen molar-refractivity contribution in [3.05, 3.63) is 65.2 Å². The molecule has 4 rings (SSSR count). The van der Waals surface area contributed by atoms with Crippen molar-refractivity contribution in [3.8, 4) is 0 Å². The molecule has 0 saturated carbocycles. The Morgan fingerprint density at radius 3 is 2.33 bits per heavy atom. The lowest BCUT2D eigenvalue weighted by Gasteiger charge is -2.46. The van der Waals surface area contributed by atoms with Crippen molar-refractivity contribution >= 4 is 34.6 Å². The van der Waals surface area contributed by atoms with Gasteiger partial charge in [0.05, 0.1) is 12.1 Å². The lowest BCUT2D eigenvalue weighted by molar-refractivity contribution is -0.973. The smallest absolute Gasteiger partial charge is 0.171 e. The molecule has 4 atom stereocenters. The minimum atomic E-state index is 0.465. The summed E-state index contributed by atoms with van der Waals surface area (Å²) < 4.78 is 0. The molecule has 5 heteroatoms. The van der Waals surface area contributed by atoms with Gasteiger partial charge in [-0.2, -0.15) is 0 Å². The molecule has 3 N–H and O–H groups in total. The topological polar surface area (TPSA) is 28.5 Å². The van der Waals surface area contributed by atoms with E-state index in [-0.39, 0.29) is 0 Å². The van der Waals surface area contributed by atoms with Gasteiger partial charge in [-0.05, 0) is 55.7 Å². The van der Waals surface area contributed by atoms with Gasteiger partial charge in [-0.1, -0.05) is 41.9 Å². The monoisotopic (exact) mass is 400 g/mol. The van der Waals surface area contributed by atoms with E-state index < -0.39 is 0 Å². The molecule has 0 radical (unpaired) electrons. The van der Waals surface area contributed by atoms with E-state index in [9.17, 15) is 0 Å². The van der Waals surface area contributed by atoms with Gasteiger partial charge >= 0.3 is 0 Å². The first-order chi connectivity index (χ1) is 13.2. The largest absolute Gasteiger partial charge is 0.359 e. The quantitative estimate of drug-likeness (QED) is 0.682. The third kappa shape index (κ3) is 4.81. The molecule has 3 nitrogen and oxygen atoms in total. The zero-order valence-electron chi connectivity index (χ0n) is 15.5. The minimum absolute atomic E-state index is 0.465. The molecule has 2 aliphatic heterocycles. The number of hydrogen-bond donors (Lipinski definition) is 3. The number of anilines is 1. The summed E-state index contributed by atoms with van der Waals surface area (Å²) in [5, 5.41) is 8.31. The summed E-state index contributed by atoms with van der Waals surface area (Å²) in [6.45, 7) is 1.15. The number of quaternary nitrogens is 1. The molecule has 2 unspecified atom stereocenters. The van der Waals surface area contributed by atoms with Gasteiger partial charge in [-0.25, -0.2) is 0 Å². The minimum Gasteiger partial charge on any atom is -0.359 e. The molecular formula is C22H27ClN3S+. The van der Waals surface area contributed by atoms with Gasteiger partial charge in [-0.3, -0.25) is 0 Å². The number of benzene rings is 2. The average molecular weight is 401 g/mol. The maximum absolute atomic E-state index is 5.95. The van der Waals surface area contributed by atoms with Crippen LogP contribution in [0.4, 0.5) is 5.69 Å². The SMILES string of the molecule is S=C(Nc1ccc(Cl)cc1)NC1C[C@H]2CCC[C@@H](C1)[NH+]2Cc1ccccc1. The number of piperidine rings is 2. The molecule has 0 aromatic heterocycles. The molecule has 2 saturated heterocycles. The van der Waals surface area contributed by atoms with E-state index in [0.29, 0.717) is 11.2 Å². The standard InChI is InChI=1S/C22H26ClN3S/c23-17-9-11-18(12-10-17)24-22(27)25-19-13-20-7-4-8-21(14-19)26(20)15-16-5-2-1-3-6-16/h1-3,5-6,9-12,19-21H,4,7-8,13-15H2,(H2,24,25,27)/p+1/t19?,20-,21+. The Bertz CT molecular complexity index is 751. The molecule has 2 bridgehead atoms. The van der Waals surface area contributed by atoms with Crippen molar-refractivity contribution in [3.63, 3.8) is 0 Å². The first-order valence-corrected chi connectivity index (χ1v) is 10.7. The molecule has 2 fully saturated rings. The van der Waals surface area contributed by atoms with Gasteiger partial charge in [0.25, 0.3) is 0 Å². The van der Waals surface area contributed by atoms with Gasteiger partial charge < -0.3 is 15.5 Å². The van der Waals surface area contributed by atoms with Crippen LogP contribution in [0.3, 0.4) is 0 Å². The molecule has 0 spiro atoms. The average Bonchev–Trinajstić information content (AvgIpc) is 2.65. The van der Waals surface area contributed by atoms with E-state index in [0.717, 1.165) is 29.3 Å². The Morgan fingerprint density at radius 2 is 1.67 bits per heavy atom. The zero-order valence-corrected chi connectivity index (χ0v) is 17.0. The summed E-state index contributed by atoms with van der Waals surface area (Å²) in [4.78, 5) is 1.78. The highest BCUT2D eigenvalue weighted by molar-refractivity contribution is 7.80. The first kappa shape index (κ1) is 18.7. The predicted octanol–water partition coefficient (Wildman–Crippen LogP) is 3.80. The fraction of sp³-hybridized carbons (Fsp3) is 0.409. The van der Waals surface area contributed by atoms with E-state index in [1.807, 2.05) is 24.3 Å². The van der Waals surface area contributed by atoms with Gasteiger partial charge in [0, 0.05) is 35.2 Å². The van der Waals surface area contributed by atoms with Crippen LogP contribution < -0.4 is 15.5 Å². The second-order valence-corrected chi connectivity index (χ2v) is 8.68. The highest BCUT2D eigenvalue weighted by Crippen LogP contribution is 2.23. The normalized spacial score (nSPS) is 27.0. The molecule has 0 aliphatic carbocycles. The second-order valence-electron chi connectivity index (χ2n) is 7.84. The van der Waals surface area contributed by atoms with E-state index >= 15 is 0 Å². The Kier molecular flexibility index (Phi) is 5.96. The number of nitrogens with one attached hydrogen (secondary N) is 3. The Labute approximate surface area is 172 Å². The van der Waals surface area contributed by atoms with Crippen molar-refractivity contribution in [2.24, 2.45) is 0 Å². The van der Waals surface area contributed by atoms with Crippen LogP contribution in [0.2, 0.25) is 5.02 Å². The molecule has 0 amide bonds. The summed E-state index contributed by atoms with van der Waals surface area (Å²) in [5.74, 6) is 0. The van der Waals surface area contributed by atoms with Crippen LogP contribution in [0.1, 0.15) is 37.7 Å². The maximum atomic E-state index is 5.95. The van der Waals surface area contributed by atoms with Crippen molar-refractivity contribution in [1.29, 1.82) is 0 Å². The maximum Gasteiger partial charge on any atom is 0.171 e.